The highest BCUT2D eigenvalue weighted by Crippen LogP contribution is 2.16. The topological polar surface area (TPSA) is 41.1 Å². The Labute approximate surface area is 96.8 Å². The molecule has 1 amide bonds. The maximum Gasteiger partial charge on any atom is 0.471 e. The summed E-state index contributed by atoms with van der Waals surface area (Å²) in [6, 6.07) is -0.178. The first-order valence-corrected chi connectivity index (χ1v) is 5.54. The Morgan fingerprint density at radius 3 is 2.44 bits per heavy atom. The van der Waals surface area contributed by atoms with Crippen molar-refractivity contribution in [2.24, 2.45) is 0 Å². The van der Waals surface area contributed by atoms with E-state index in [1.165, 1.54) is 0 Å². The van der Waals surface area contributed by atoms with Crippen LogP contribution in [0.4, 0.5) is 13.2 Å². The standard InChI is InChI=1S/C8H13F3N2O.C2H6.2H2/c1-2-5-3-6(4-12-5)13-7(14)8(9,10)11;1-2;;/h5-6,12H,2-4H2,1H3,(H,13,14);1-2H3;2*1H/t5-,6+;;;/m1.../s1. The Bertz CT molecular complexity index is 228. The third-order valence-corrected chi connectivity index (χ3v) is 2.31. The van der Waals surface area contributed by atoms with E-state index >= 15 is 0 Å². The van der Waals surface area contributed by atoms with Gasteiger partial charge in [-0.3, -0.25) is 4.79 Å². The number of alkyl halides is 3. The summed E-state index contributed by atoms with van der Waals surface area (Å²) in [4.78, 5) is 10.6. The van der Waals surface area contributed by atoms with E-state index in [0.717, 1.165) is 6.42 Å². The molecule has 2 atom stereocenters. The SMILES string of the molecule is CC.CC[C@@H]1C[C@H](NC(=O)C(F)(F)F)CN1.[HH].[HH]. The van der Waals surface area contributed by atoms with Crippen molar-refractivity contribution >= 4 is 5.91 Å². The zero-order valence-electron chi connectivity index (χ0n) is 9.82. The van der Waals surface area contributed by atoms with Gasteiger partial charge in [-0.2, -0.15) is 13.2 Å². The molecule has 0 bridgehead atoms. The lowest BCUT2D eigenvalue weighted by Crippen LogP contribution is -2.43. The van der Waals surface area contributed by atoms with Crippen molar-refractivity contribution in [3.8, 4) is 0 Å². The van der Waals surface area contributed by atoms with Crippen molar-refractivity contribution in [2.75, 3.05) is 6.54 Å². The smallest absolute Gasteiger partial charge is 0.344 e. The van der Waals surface area contributed by atoms with Gasteiger partial charge in [-0.25, -0.2) is 0 Å². The van der Waals surface area contributed by atoms with Crippen LogP contribution in [0.1, 0.15) is 36.5 Å². The minimum Gasteiger partial charge on any atom is -0.344 e. The Kier molecular flexibility index (Phi) is 6.40. The second-order valence-corrected chi connectivity index (χ2v) is 3.42. The average Bonchev–Trinajstić information content (AvgIpc) is 2.67. The summed E-state index contributed by atoms with van der Waals surface area (Å²) < 4.78 is 35.5. The minimum atomic E-state index is -4.77. The van der Waals surface area contributed by atoms with Crippen LogP contribution in [0.3, 0.4) is 0 Å². The van der Waals surface area contributed by atoms with Crippen LogP contribution >= 0.6 is 0 Å². The molecule has 1 fully saturated rings. The van der Waals surface area contributed by atoms with Crippen LogP contribution in [0.5, 0.6) is 0 Å². The molecule has 0 spiro atoms. The molecule has 0 aromatic rings. The first-order valence-electron chi connectivity index (χ1n) is 5.54. The predicted molar refractivity (Wildman–Crippen MR) is 60.3 cm³/mol. The number of halogens is 3. The van der Waals surface area contributed by atoms with Crippen LogP contribution < -0.4 is 10.6 Å². The largest absolute Gasteiger partial charge is 0.471 e. The monoisotopic (exact) mass is 244 g/mol. The molecular formula is C10H23F3N2O. The van der Waals surface area contributed by atoms with Crippen LogP contribution in [0, 0.1) is 0 Å². The highest BCUT2D eigenvalue weighted by Gasteiger charge is 2.40. The van der Waals surface area contributed by atoms with Crippen molar-refractivity contribution in [1.29, 1.82) is 0 Å². The van der Waals surface area contributed by atoms with Crippen LogP contribution in [-0.2, 0) is 4.79 Å². The van der Waals surface area contributed by atoms with Crippen LogP contribution in [0.2, 0.25) is 0 Å². The molecule has 0 aliphatic carbocycles. The van der Waals surface area contributed by atoms with Gasteiger partial charge < -0.3 is 10.6 Å². The molecule has 1 saturated heterocycles. The van der Waals surface area contributed by atoms with Gasteiger partial charge in [-0.15, -0.1) is 0 Å². The molecule has 2 N–H and O–H groups in total. The molecule has 0 unspecified atom stereocenters. The third kappa shape index (κ3) is 4.83. The number of hydrogen-bond acceptors (Lipinski definition) is 2. The Morgan fingerprint density at radius 1 is 1.50 bits per heavy atom. The van der Waals surface area contributed by atoms with Crippen molar-refractivity contribution in [2.45, 2.75) is 51.9 Å². The van der Waals surface area contributed by atoms with Crippen LogP contribution in [0.25, 0.3) is 0 Å². The zero-order valence-corrected chi connectivity index (χ0v) is 9.82. The quantitative estimate of drug-likeness (QED) is 0.782. The molecule has 0 saturated carbocycles. The predicted octanol–water partition coefficient (Wildman–Crippen LogP) is 2.32. The lowest BCUT2D eigenvalue weighted by molar-refractivity contribution is -0.174. The van der Waals surface area contributed by atoms with Gasteiger partial charge in [0.1, 0.15) is 0 Å². The molecule has 1 heterocycles. The number of hydrogen-bond donors (Lipinski definition) is 2. The summed E-state index contributed by atoms with van der Waals surface area (Å²) in [5, 5.41) is 4.99. The average molecular weight is 244 g/mol. The first kappa shape index (κ1) is 15.2. The highest BCUT2D eigenvalue weighted by atomic mass is 19.4. The molecule has 0 radical (unpaired) electrons. The molecule has 0 aromatic carbocycles. The van der Waals surface area contributed by atoms with Gasteiger partial charge in [-0.05, 0) is 12.8 Å². The van der Waals surface area contributed by atoms with Crippen LogP contribution in [0.15, 0.2) is 0 Å². The lowest BCUT2D eigenvalue weighted by atomic mass is 10.1. The van der Waals surface area contributed by atoms with E-state index in [2.05, 4.69) is 5.32 Å². The van der Waals surface area contributed by atoms with E-state index in [1.807, 2.05) is 26.1 Å². The van der Waals surface area contributed by atoms with Gasteiger partial charge in [0.15, 0.2) is 0 Å². The van der Waals surface area contributed by atoms with E-state index in [0.29, 0.717) is 13.0 Å². The minimum absolute atomic E-state index is 0. The molecule has 16 heavy (non-hydrogen) atoms. The van der Waals surface area contributed by atoms with Gasteiger partial charge in [0.25, 0.3) is 0 Å². The molecule has 1 aliphatic heterocycles. The van der Waals surface area contributed by atoms with E-state index < -0.39 is 18.1 Å². The van der Waals surface area contributed by atoms with Crippen molar-refractivity contribution in [3.63, 3.8) is 0 Å². The number of amides is 1. The number of carbonyl (C=O) groups excluding carboxylic acids is 1. The zero-order chi connectivity index (χ0) is 12.8. The lowest BCUT2D eigenvalue weighted by Gasteiger charge is -2.13. The maximum atomic E-state index is 11.8. The fourth-order valence-electron chi connectivity index (χ4n) is 1.51. The first-order chi connectivity index (χ1) is 7.43. The summed E-state index contributed by atoms with van der Waals surface area (Å²) in [5.74, 6) is -1.85. The summed E-state index contributed by atoms with van der Waals surface area (Å²) >= 11 is 0. The molecule has 1 aliphatic rings. The Hall–Kier alpha value is -0.780. The van der Waals surface area contributed by atoms with Gasteiger partial charge in [0.05, 0.1) is 0 Å². The van der Waals surface area contributed by atoms with Crippen molar-refractivity contribution in [1.82, 2.24) is 10.6 Å². The molecule has 1 rings (SSSR count). The van der Waals surface area contributed by atoms with E-state index in [1.54, 1.807) is 0 Å². The van der Waals surface area contributed by atoms with E-state index in [4.69, 9.17) is 0 Å². The number of nitrogens with one attached hydrogen (secondary N) is 2. The summed E-state index contributed by atoms with van der Waals surface area (Å²) in [7, 11) is 0. The second kappa shape index (κ2) is 6.73. The fourth-order valence-corrected chi connectivity index (χ4v) is 1.51. The maximum absolute atomic E-state index is 11.8. The Balaban J connectivity index is -0.000000534. The Morgan fingerprint density at radius 2 is 2.06 bits per heavy atom. The molecular weight excluding hydrogens is 221 g/mol. The van der Waals surface area contributed by atoms with E-state index in [-0.39, 0.29) is 8.90 Å². The van der Waals surface area contributed by atoms with Crippen LogP contribution in [-0.4, -0.2) is 30.7 Å². The fraction of sp³-hybridized carbons (Fsp3) is 0.900. The molecule has 0 aromatic heterocycles. The third-order valence-electron chi connectivity index (χ3n) is 2.31. The second-order valence-electron chi connectivity index (χ2n) is 3.42. The summed E-state index contributed by atoms with van der Waals surface area (Å²) in [5.41, 5.74) is 0. The molecule has 3 nitrogen and oxygen atoms in total. The van der Waals surface area contributed by atoms with Gasteiger partial charge >= 0.3 is 12.1 Å². The molecule has 6 heteroatoms. The summed E-state index contributed by atoms with van der Waals surface area (Å²) in [6.45, 7) is 6.37. The normalized spacial score (nSPS) is 24.6. The number of rotatable bonds is 2. The van der Waals surface area contributed by atoms with Crippen molar-refractivity contribution < 1.29 is 20.8 Å². The van der Waals surface area contributed by atoms with E-state index in [9.17, 15) is 18.0 Å². The number of carbonyl (C=O) groups is 1. The van der Waals surface area contributed by atoms with Gasteiger partial charge in [0, 0.05) is 21.5 Å². The molecule has 100 valence electrons. The summed E-state index contributed by atoms with van der Waals surface area (Å²) in [6.07, 6.45) is -3.35. The highest BCUT2D eigenvalue weighted by molar-refractivity contribution is 5.82. The van der Waals surface area contributed by atoms with Gasteiger partial charge in [-0.1, -0.05) is 20.8 Å². The van der Waals surface area contributed by atoms with Crippen molar-refractivity contribution in [3.05, 3.63) is 0 Å². The van der Waals surface area contributed by atoms with Gasteiger partial charge in [0.2, 0.25) is 0 Å².